The zero-order valence-corrected chi connectivity index (χ0v) is 13.0. The Hall–Kier alpha value is -2.07. The summed E-state index contributed by atoms with van der Waals surface area (Å²) in [5.74, 6) is 0.901. The van der Waals surface area contributed by atoms with Crippen LogP contribution < -0.4 is 4.74 Å². The highest BCUT2D eigenvalue weighted by molar-refractivity contribution is 7.71. The van der Waals surface area contributed by atoms with Crippen molar-refractivity contribution in [2.45, 2.75) is 20.4 Å². The molecule has 0 unspecified atom stereocenters. The highest BCUT2D eigenvalue weighted by Crippen LogP contribution is 2.17. The van der Waals surface area contributed by atoms with Crippen molar-refractivity contribution in [3.8, 4) is 5.75 Å². The van der Waals surface area contributed by atoms with Gasteiger partial charge in [0.05, 0.1) is 17.6 Å². The summed E-state index contributed by atoms with van der Waals surface area (Å²) in [4.78, 5) is 3.23. The highest BCUT2D eigenvalue weighted by atomic mass is 32.1. The van der Waals surface area contributed by atoms with Crippen molar-refractivity contribution >= 4 is 23.3 Å². The van der Waals surface area contributed by atoms with Gasteiger partial charge in [0.25, 0.3) is 0 Å². The summed E-state index contributed by atoms with van der Waals surface area (Å²) >= 11 is 5.40. The maximum Gasteiger partial charge on any atom is 0.178 e. The average Bonchev–Trinajstić information content (AvgIpc) is 2.75. The number of hydrogen-bond acceptors (Lipinski definition) is 2. The minimum absolute atomic E-state index is 0.596. The zero-order chi connectivity index (χ0) is 14.8. The number of aryl methyl sites for hydroxylation is 2. The van der Waals surface area contributed by atoms with Gasteiger partial charge < -0.3 is 14.3 Å². The van der Waals surface area contributed by atoms with Gasteiger partial charge in [-0.3, -0.25) is 0 Å². The van der Waals surface area contributed by atoms with Crippen molar-refractivity contribution in [1.82, 2.24) is 9.55 Å². The van der Waals surface area contributed by atoms with E-state index in [1.165, 1.54) is 11.1 Å². The molecule has 0 radical (unpaired) electrons. The van der Waals surface area contributed by atoms with E-state index in [0.717, 1.165) is 28.1 Å². The van der Waals surface area contributed by atoms with Crippen LogP contribution in [0.25, 0.3) is 11.0 Å². The minimum atomic E-state index is 0.596. The van der Waals surface area contributed by atoms with Crippen LogP contribution in [0.15, 0.2) is 42.5 Å². The molecule has 3 aromatic rings. The van der Waals surface area contributed by atoms with E-state index in [1.807, 2.05) is 18.2 Å². The predicted molar refractivity (Wildman–Crippen MR) is 88.5 cm³/mol. The Morgan fingerprint density at radius 2 is 1.90 bits per heavy atom. The average molecular weight is 298 g/mol. The second-order valence-corrected chi connectivity index (χ2v) is 5.65. The summed E-state index contributed by atoms with van der Waals surface area (Å²) in [5, 5.41) is 0. The second-order valence-electron chi connectivity index (χ2n) is 5.27. The third-order valence-corrected chi connectivity index (χ3v) is 3.83. The molecule has 0 bridgehead atoms. The molecule has 0 saturated carbocycles. The first-order valence-corrected chi connectivity index (χ1v) is 7.43. The predicted octanol–water partition coefficient (Wildman–Crippen LogP) is 4.39. The number of H-pyrrole nitrogens is 1. The first-order valence-electron chi connectivity index (χ1n) is 7.02. The van der Waals surface area contributed by atoms with Crippen LogP contribution in [-0.2, 0) is 6.54 Å². The van der Waals surface area contributed by atoms with E-state index in [-0.39, 0.29) is 0 Å². The van der Waals surface area contributed by atoms with Crippen molar-refractivity contribution in [2.24, 2.45) is 0 Å². The van der Waals surface area contributed by atoms with Crippen LogP contribution in [0.4, 0.5) is 0 Å². The van der Waals surface area contributed by atoms with Crippen LogP contribution in [-0.4, -0.2) is 16.2 Å². The Morgan fingerprint density at radius 3 is 2.71 bits per heavy atom. The lowest BCUT2D eigenvalue weighted by Gasteiger charge is -2.08. The Morgan fingerprint density at radius 1 is 1.10 bits per heavy atom. The van der Waals surface area contributed by atoms with Gasteiger partial charge in [-0.05, 0) is 61.5 Å². The number of aromatic nitrogens is 2. The fourth-order valence-electron chi connectivity index (χ4n) is 2.44. The van der Waals surface area contributed by atoms with Gasteiger partial charge in [-0.2, -0.15) is 0 Å². The molecule has 0 atom stereocenters. The standard InChI is InChI=1S/C17H18N2OS/c1-12-4-3-5-14(10-12)20-9-8-19-16-11-13(2)6-7-15(16)18-17(19)21/h3-7,10-11H,8-9H2,1-2H3,(H,18,21). The Labute approximate surface area is 129 Å². The molecule has 3 nitrogen and oxygen atoms in total. The summed E-state index contributed by atoms with van der Waals surface area (Å²) in [5.41, 5.74) is 4.63. The van der Waals surface area contributed by atoms with Crippen LogP contribution in [0.1, 0.15) is 11.1 Å². The van der Waals surface area contributed by atoms with Crippen LogP contribution in [0.2, 0.25) is 0 Å². The van der Waals surface area contributed by atoms with Gasteiger partial charge in [0, 0.05) is 0 Å². The maximum atomic E-state index is 5.81. The molecule has 2 aromatic carbocycles. The van der Waals surface area contributed by atoms with Crippen molar-refractivity contribution in [3.63, 3.8) is 0 Å². The van der Waals surface area contributed by atoms with E-state index >= 15 is 0 Å². The van der Waals surface area contributed by atoms with Gasteiger partial charge in [0.1, 0.15) is 12.4 Å². The molecule has 1 aromatic heterocycles. The van der Waals surface area contributed by atoms with E-state index in [1.54, 1.807) is 0 Å². The monoisotopic (exact) mass is 298 g/mol. The molecule has 3 rings (SSSR count). The van der Waals surface area contributed by atoms with Gasteiger partial charge in [0.2, 0.25) is 0 Å². The lowest BCUT2D eigenvalue weighted by molar-refractivity contribution is 0.299. The summed E-state index contributed by atoms with van der Waals surface area (Å²) in [6.45, 7) is 5.48. The molecule has 0 aliphatic rings. The van der Waals surface area contributed by atoms with Crippen molar-refractivity contribution in [3.05, 3.63) is 58.4 Å². The van der Waals surface area contributed by atoms with E-state index in [9.17, 15) is 0 Å². The fourth-order valence-corrected chi connectivity index (χ4v) is 2.74. The number of hydrogen-bond donors (Lipinski definition) is 1. The highest BCUT2D eigenvalue weighted by Gasteiger charge is 2.04. The SMILES string of the molecule is Cc1cccc(OCCn2c(=S)[nH]c3ccc(C)cc32)c1. The summed E-state index contributed by atoms with van der Waals surface area (Å²) < 4.78 is 8.64. The van der Waals surface area contributed by atoms with E-state index in [0.29, 0.717) is 6.61 Å². The molecular weight excluding hydrogens is 280 g/mol. The number of nitrogens with zero attached hydrogens (tertiary/aromatic N) is 1. The van der Waals surface area contributed by atoms with Gasteiger partial charge in [-0.15, -0.1) is 0 Å². The lowest BCUT2D eigenvalue weighted by Crippen LogP contribution is -2.08. The molecule has 21 heavy (non-hydrogen) atoms. The van der Waals surface area contributed by atoms with Crippen LogP contribution >= 0.6 is 12.2 Å². The second kappa shape index (κ2) is 5.74. The number of imidazole rings is 1. The molecule has 0 saturated heterocycles. The number of nitrogens with one attached hydrogen (secondary N) is 1. The quantitative estimate of drug-likeness (QED) is 0.724. The smallest absolute Gasteiger partial charge is 0.178 e. The zero-order valence-electron chi connectivity index (χ0n) is 12.2. The molecule has 108 valence electrons. The Bertz CT molecular complexity index is 832. The van der Waals surface area contributed by atoms with Gasteiger partial charge in [0.15, 0.2) is 4.77 Å². The molecule has 0 spiro atoms. The first-order chi connectivity index (χ1) is 10.1. The van der Waals surface area contributed by atoms with Gasteiger partial charge >= 0.3 is 0 Å². The molecule has 0 aliphatic carbocycles. The summed E-state index contributed by atoms with van der Waals surface area (Å²) in [7, 11) is 0. The number of aromatic amines is 1. The molecule has 0 aliphatic heterocycles. The van der Waals surface area contributed by atoms with E-state index in [2.05, 4.69) is 47.7 Å². The van der Waals surface area contributed by atoms with Gasteiger partial charge in [-0.1, -0.05) is 18.2 Å². The fraction of sp³-hybridized carbons (Fsp3) is 0.235. The van der Waals surface area contributed by atoms with Crippen molar-refractivity contribution in [1.29, 1.82) is 0 Å². The molecule has 0 fully saturated rings. The summed E-state index contributed by atoms with van der Waals surface area (Å²) in [6.07, 6.45) is 0. The maximum absolute atomic E-state index is 5.81. The number of ether oxygens (including phenoxy) is 1. The van der Waals surface area contributed by atoms with Gasteiger partial charge in [-0.25, -0.2) is 0 Å². The number of benzene rings is 2. The lowest BCUT2D eigenvalue weighted by atomic mass is 10.2. The summed E-state index contributed by atoms with van der Waals surface area (Å²) in [6, 6.07) is 14.4. The molecular formula is C17H18N2OS. The Balaban J connectivity index is 1.78. The van der Waals surface area contributed by atoms with Crippen LogP contribution in [0.5, 0.6) is 5.75 Å². The topological polar surface area (TPSA) is 29.9 Å². The molecule has 1 heterocycles. The van der Waals surface area contributed by atoms with E-state index in [4.69, 9.17) is 17.0 Å². The Kier molecular flexibility index (Phi) is 3.80. The normalized spacial score (nSPS) is 11.0. The molecule has 0 amide bonds. The number of fused-ring (bicyclic) bond motifs is 1. The third-order valence-electron chi connectivity index (χ3n) is 3.50. The van der Waals surface area contributed by atoms with E-state index < -0.39 is 0 Å². The van der Waals surface area contributed by atoms with Crippen LogP contribution in [0, 0.1) is 18.6 Å². The largest absolute Gasteiger partial charge is 0.492 e. The van der Waals surface area contributed by atoms with Crippen LogP contribution in [0.3, 0.4) is 0 Å². The number of rotatable bonds is 4. The van der Waals surface area contributed by atoms with Crippen molar-refractivity contribution in [2.75, 3.05) is 6.61 Å². The first kappa shape index (κ1) is 13.9. The molecule has 4 heteroatoms. The molecule has 1 N–H and O–H groups in total. The minimum Gasteiger partial charge on any atom is -0.492 e. The third kappa shape index (κ3) is 3.00. The van der Waals surface area contributed by atoms with Crippen molar-refractivity contribution < 1.29 is 4.74 Å².